The quantitative estimate of drug-likeness (QED) is 0.910. The maximum atomic E-state index is 12.6. The number of hydrogen-bond acceptors (Lipinski definition) is 2. The van der Waals surface area contributed by atoms with Crippen molar-refractivity contribution in [2.75, 3.05) is 0 Å². The normalized spacial score (nSPS) is 21.2. The van der Waals surface area contributed by atoms with Crippen molar-refractivity contribution in [3.63, 3.8) is 0 Å². The van der Waals surface area contributed by atoms with Crippen LogP contribution in [-0.4, -0.2) is 16.1 Å². The van der Waals surface area contributed by atoms with Gasteiger partial charge >= 0.3 is 0 Å². The van der Waals surface area contributed by atoms with E-state index in [0.29, 0.717) is 6.42 Å². The highest BCUT2D eigenvalue weighted by molar-refractivity contribution is 5.79. The van der Waals surface area contributed by atoms with Crippen molar-refractivity contribution >= 4 is 5.91 Å². The van der Waals surface area contributed by atoms with Gasteiger partial charge in [0.05, 0.1) is 18.2 Å². The summed E-state index contributed by atoms with van der Waals surface area (Å²) in [7, 11) is 0. The van der Waals surface area contributed by atoms with Crippen LogP contribution >= 0.6 is 0 Å². The van der Waals surface area contributed by atoms with E-state index in [4.69, 9.17) is 0 Å². The molecule has 4 nitrogen and oxygen atoms in total. The summed E-state index contributed by atoms with van der Waals surface area (Å²) in [5.41, 5.74) is 6.18. The minimum Gasteiger partial charge on any atom is -0.349 e. The summed E-state index contributed by atoms with van der Waals surface area (Å²) in [6.45, 7) is 4.50. The number of carbonyl (C=O) groups is 1. The Morgan fingerprint density at radius 3 is 2.96 bits per heavy atom. The van der Waals surface area contributed by atoms with Gasteiger partial charge in [-0.15, -0.1) is 0 Å². The number of rotatable bonds is 3. The van der Waals surface area contributed by atoms with Gasteiger partial charge in [0.25, 0.3) is 0 Å². The van der Waals surface area contributed by atoms with Crippen molar-refractivity contribution in [1.82, 2.24) is 15.5 Å². The maximum Gasteiger partial charge on any atom is 0.226 e. The van der Waals surface area contributed by atoms with Gasteiger partial charge < -0.3 is 5.32 Å². The number of aryl methyl sites for hydroxylation is 1. The molecule has 24 heavy (non-hydrogen) atoms. The first-order chi connectivity index (χ1) is 11.5. The van der Waals surface area contributed by atoms with E-state index in [2.05, 4.69) is 53.6 Å². The maximum absolute atomic E-state index is 12.6. The minimum absolute atomic E-state index is 0.0763. The number of carbonyl (C=O) groups excluding carboxylic acids is 1. The summed E-state index contributed by atoms with van der Waals surface area (Å²) in [6.07, 6.45) is 5.86. The Morgan fingerprint density at radius 2 is 2.08 bits per heavy atom. The zero-order valence-electron chi connectivity index (χ0n) is 14.5. The molecule has 0 bridgehead atoms. The van der Waals surface area contributed by atoms with Gasteiger partial charge in [-0.05, 0) is 54.2 Å². The molecule has 0 saturated carbocycles. The number of fused-ring (bicyclic) bond motifs is 2. The summed E-state index contributed by atoms with van der Waals surface area (Å²) in [6, 6.07) is 8.58. The second-order valence-corrected chi connectivity index (χ2v) is 7.81. The Bertz CT molecular complexity index is 775. The van der Waals surface area contributed by atoms with Gasteiger partial charge in [-0.3, -0.25) is 9.89 Å². The third-order valence-electron chi connectivity index (χ3n) is 5.58. The lowest BCUT2D eigenvalue weighted by Gasteiger charge is -2.19. The third-order valence-corrected chi connectivity index (χ3v) is 5.58. The smallest absolute Gasteiger partial charge is 0.226 e. The fourth-order valence-corrected chi connectivity index (χ4v) is 4.37. The number of aromatic amines is 1. The molecular weight excluding hydrogens is 298 g/mol. The van der Waals surface area contributed by atoms with Crippen molar-refractivity contribution in [1.29, 1.82) is 0 Å². The van der Waals surface area contributed by atoms with Crippen LogP contribution in [0.3, 0.4) is 0 Å². The van der Waals surface area contributed by atoms with Crippen molar-refractivity contribution in [3.8, 4) is 0 Å². The van der Waals surface area contributed by atoms with E-state index in [1.54, 1.807) is 0 Å². The lowest BCUT2D eigenvalue weighted by Crippen LogP contribution is -2.30. The fraction of sp³-hybridized carbons (Fsp3) is 0.500. The second-order valence-electron chi connectivity index (χ2n) is 7.81. The van der Waals surface area contributed by atoms with Gasteiger partial charge in [-0.2, -0.15) is 5.10 Å². The monoisotopic (exact) mass is 323 g/mol. The number of nitrogens with zero attached hydrogens (tertiary/aromatic N) is 1. The Kier molecular flexibility index (Phi) is 3.70. The van der Waals surface area contributed by atoms with Gasteiger partial charge in [0, 0.05) is 5.69 Å². The number of nitrogens with one attached hydrogen (secondary N) is 2. The Labute approximate surface area is 143 Å². The van der Waals surface area contributed by atoms with E-state index in [1.165, 1.54) is 35.2 Å². The number of H-pyrrole nitrogens is 1. The molecule has 2 aromatic rings. The molecule has 2 aliphatic carbocycles. The summed E-state index contributed by atoms with van der Waals surface area (Å²) in [5.74, 6) is 0.0763. The van der Waals surface area contributed by atoms with Crippen LogP contribution in [0.4, 0.5) is 0 Å². The van der Waals surface area contributed by atoms with Gasteiger partial charge in [-0.25, -0.2) is 0 Å². The molecule has 1 amide bonds. The zero-order chi connectivity index (χ0) is 16.7. The summed E-state index contributed by atoms with van der Waals surface area (Å²) >= 11 is 0. The van der Waals surface area contributed by atoms with Crippen molar-refractivity contribution < 1.29 is 4.79 Å². The molecule has 1 heterocycles. The summed E-state index contributed by atoms with van der Waals surface area (Å²) in [5, 5.41) is 10.8. The van der Waals surface area contributed by atoms with Crippen LogP contribution in [0.15, 0.2) is 24.3 Å². The van der Waals surface area contributed by atoms with E-state index in [9.17, 15) is 4.79 Å². The Balaban J connectivity index is 1.49. The average molecular weight is 323 g/mol. The Morgan fingerprint density at radius 1 is 1.29 bits per heavy atom. The number of amides is 1. The highest BCUT2D eigenvalue weighted by atomic mass is 16.1. The van der Waals surface area contributed by atoms with E-state index in [1.807, 2.05) is 0 Å². The first-order valence-electron chi connectivity index (χ1n) is 8.98. The molecule has 1 aromatic heterocycles. The molecule has 1 atom stereocenters. The zero-order valence-corrected chi connectivity index (χ0v) is 14.5. The first-order valence-corrected chi connectivity index (χ1v) is 8.98. The van der Waals surface area contributed by atoms with Crippen molar-refractivity contribution in [2.24, 2.45) is 0 Å². The third kappa shape index (κ3) is 2.64. The Hall–Kier alpha value is -2.10. The minimum atomic E-state index is 0.0763. The predicted molar refractivity (Wildman–Crippen MR) is 93.9 cm³/mol. The molecule has 0 saturated heterocycles. The lowest BCUT2D eigenvalue weighted by molar-refractivity contribution is -0.121. The molecule has 1 unspecified atom stereocenters. The van der Waals surface area contributed by atoms with Crippen LogP contribution in [0.25, 0.3) is 0 Å². The number of benzene rings is 1. The van der Waals surface area contributed by atoms with E-state index in [0.717, 1.165) is 25.0 Å². The lowest BCUT2D eigenvalue weighted by atomic mass is 9.86. The fourth-order valence-electron chi connectivity index (χ4n) is 4.37. The molecule has 126 valence electrons. The largest absolute Gasteiger partial charge is 0.349 e. The van der Waals surface area contributed by atoms with Crippen molar-refractivity contribution in [3.05, 3.63) is 52.3 Å². The van der Waals surface area contributed by atoms with Crippen molar-refractivity contribution in [2.45, 2.75) is 63.8 Å². The van der Waals surface area contributed by atoms with Crippen LogP contribution < -0.4 is 5.32 Å². The van der Waals surface area contributed by atoms with Crippen LogP contribution in [0.1, 0.15) is 67.2 Å². The molecule has 4 rings (SSSR count). The van der Waals surface area contributed by atoms with Crippen LogP contribution in [0.5, 0.6) is 0 Å². The van der Waals surface area contributed by atoms with E-state index >= 15 is 0 Å². The molecule has 2 N–H and O–H groups in total. The van der Waals surface area contributed by atoms with Gasteiger partial charge in [0.15, 0.2) is 0 Å². The summed E-state index contributed by atoms with van der Waals surface area (Å²) < 4.78 is 0. The van der Waals surface area contributed by atoms with E-state index in [-0.39, 0.29) is 17.4 Å². The number of hydrogen-bond donors (Lipinski definition) is 2. The molecule has 4 heteroatoms. The predicted octanol–water partition coefficient (Wildman–Crippen LogP) is 3.37. The summed E-state index contributed by atoms with van der Waals surface area (Å²) in [4.78, 5) is 12.6. The highest BCUT2D eigenvalue weighted by Crippen LogP contribution is 2.44. The highest BCUT2D eigenvalue weighted by Gasteiger charge is 2.37. The number of aromatic nitrogens is 2. The van der Waals surface area contributed by atoms with Gasteiger partial charge in [-0.1, -0.05) is 38.1 Å². The molecule has 0 spiro atoms. The molecule has 2 aliphatic rings. The standard InChI is InChI=1S/C20H25N3O/c1-20(2)12-18(13-7-3-5-9-15(13)20)21-19(24)11-17-14-8-4-6-10-16(14)22-23-17/h3,5,7,9,18H,4,6,8,10-12H2,1-2H3,(H,21,24)(H,22,23). The molecule has 0 fully saturated rings. The van der Waals surface area contributed by atoms with Crippen LogP contribution in [0.2, 0.25) is 0 Å². The molecule has 1 aromatic carbocycles. The first kappa shape index (κ1) is 15.4. The van der Waals surface area contributed by atoms with Gasteiger partial charge in [0.1, 0.15) is 0 Å². The van der Waals surface area contributed by atoms with E-state index < -0.39 is 0 Å². The topological polar surface area (TPSA) is 57.8 Å². The SMILES string of the molecule is CC1(C)CC(NC(=O)Cc2n[nH]c3c2CCCC3)c2ccccc21. The van der Waals surface area contributed by atoms with Crippen LogP contribution in [-0.2, 0) is 29.5 Å². The molecule has 0 radical (unpaired) electrons. The molecular formula is C20H25N3O. The molecule has 0 aliphatic heterocycles. The van der Waals surface area contributed by atoms with Gasteiger partial charge in [0.2, 0.25) is 5.91 Å². The average Bonchev–Trinajstić information content (AvgIpc) is 3.08. The van der Waals surface area contributed by atoms with Crippen LogP contribution in [0, 0.1) is 0 Å². The second kappa shape index (κ2) is 5.76.